The molecule has 8 heteroatoms. The van der Waals surface area contributed by atoms with Gasteiger partial charge in [0.2, 0.25) is 5.95 Å². The quantitative estimate of drug-likeness (QED) is 0.551. The molecule has 1 fully saturated rings. The van der Waals surface area contributed by atoms with Gasteiger partial charge in [0.05, 0.1) is 12.4 Å². The highest BCUT2D eigenvalue weighted by Gasteiger charge is 2.34. The summed E-state index contributed by atoms with van der Waals surface area (Å²) in [7, 11) is 0. The zero-order valence-electron chi connectivity index (χ0n) is 10.2. The van der Waals surface area contributed by atoms with Gasteiger partial charge in [0, 0.05) is 18.6 Å². The second-order valence-corrected chi connectivity index (χ2v) is 4.91. The summed E-state index contributed by atoms with van der Waals surface area (Å²) in [6.45, 7) is -0.0551. The Hall–Kier alpha value is -1.93. The second kappa shape index (κ2) is 4.32. The lowest BCUT2D eigenvalue weighted by atomic mass is 10.1. The van der Waals surface area contributed by atoms with Gasteiger partial charge in [-0.25, -0.2) is 4.98 Å². The summed E-state index contributed by atoms with van der Waals surface area (Å²) in [5, 5.41) is 19.0. The molecule has 1 saturated carbocycles. The van der Waals surface area contributed by atoms with Gasteiger partial charge in [-0.15, -0.1) is 0 Å². The maximum Gasteiger partial charge on any atom is 0.280 e. The van der Waals surface area contributed by atoms with Crippen LogP contribution in [0.15, 0.2) is 11.1 Å². The highest BCUT2D eigenvalue weighted by molar-refractivity contribution is 5.70. The molecule has 5 N–H and O–H groups in total. The molecule has 0 unspecified atom stereocenters. The highest BCUT2D eigenvalue weighted by atomic mass is 16.3. The van der Waals surface area contributed by atoms with Gasteiger partial charge in [-0.3, -0.25) is 9.78 Å². The van der Waals surface area contributed by atoms with Gasteiger partial charge >= 0.3 is 0 Å². The molecule has 0 bridgehead atoms. The fourth-order valence-corrected chi connectivity index (χ4v) is 2.71. The van der Waals surface area contributed by atoms with Gasteiger partial charge in [-0.1, -0.05) is 0 Å². The molecule has 2 aromatic heterocycles. The molecule has 8 nitrogen and oxygen atoms in total. The molecule has 0 saturated heterocycles. The second-order valence-electron chi connectivity index (χ2n) is 4.91. The third kappa shape index (κ3) is 1.89. The molecule has 2 heterocycles. The van der Waals surface area contributed by atoms with E-state index in [1.165, 1.54) is 6.33 Å². The zero-order valence-corrected chi connectivity index (χ0v) is 10.2. The van der Waals surface area contributed by atoms with Crippen LogP contribution in [-0.4, -0.2) is 42.4 Å². The van der Waals surface area contributed by atoms with Crippen molar-refractivity contribution in [2.45, 2.75) is 25.0 Å². The minimum atomic E-state index is -0.549. The molecule has 102 valence electrons. The Kier molecular flexibility index (Phi) is 2.76. The van der Waals surface area contributed by atoms with Gasteiger partial charge < -0.3 is 20.5 Å². The van der Waals surface area contributed by atoms with Crippen LogP contribution < -0.4 is 11.3 Å². The molecule has 0 aliphatic heterocycles. The first-order chi connectivity index (χ1) is 9.10. The van der Waals surface area contributed by atoms with Crippen LogP contribution in [0.3, 0.4) is 0 Å². The standard InChI is InChI=1S/C11H15N5O3/c12-11-14-9-8(10(19)15-11)13-4-16(9)6-1-5(3-17)7(18)2-6/h4-7,17-18H,1-3H2,(H3,12,14,15,19)/t5-,6-,7-/m1/s1. The monoisotopic (exact) mass is 265 g/mol. The predicted octanol–water partition coefficient (Wildman–Crippen LogP) is -0.994. The van der Waals surface area contributed by atoms with E-state index in [4.69, 9.17) is 5.73 Å². The SMILES string of the molecule is Nc1nc2c(ncn2[C@@H]2C[C@H](CO)[C@H](O)C2)c(=O)[nH]1. The van der Waals surface area contributed by atoms with Crippen LogP contribution in [0.1, 0.15) is 18.9 Å². The normalized spacial score (nSPS) is 27.2. The number of nitrogen functional groups attached to an aromatic ring is 1. The number of nitrogens with two attached hydrogens (primary N) is 1. The van der Waals surface area contributed by atoms with Gasteiger partial charge in [0.1, 0.15) is 0 Å². The van der Waals surface area contributed by atoms with E-state index >= 15 is 0 Å². The lowest BCUT2D eigenvalue weighted by Gasteiger charge is -2.11. The van der Waals surface area contributed by atoms with Crippen LogP contribution in [0.5, 0.6) is 0 Å². The summed E-state index contributed by atoms with van der Waals surface area (Å²) < 4.78 is 1.75. The van der Waals surface area contributed by atoms with Crippen molar-refractivity contribution in [3.05, 3.63) is 16.7 Å². The molecule has 1 aliphatic carbocycles. The molecule has 2 aromatic rings. The summed E-state index contributed by atoms with van der Waals surface area (Å²) >= 11 is 0. The first kappa shape index (κ1) is 12.1. The van der Waals surface area contributed by atoms with Crippen molar-refractivity contribution < 1.29 is 10.2 Å². The number of rotatable bonds is 2. The number of imidazole rings is 1. The number of aliphatic hydroxyl groups excluding tert-OH is 2. The number of nitrogens with one attached hydrogen (secondary N) is 1. The van der Waals surface area contributed by atoms with Crippen molar-refractivity contribution in [1.82, 2.24) is 19.5 Å². The maximum absolute atomic E-state index is 11.7. The van der Waals surface area contributed by atoms with Gasteiger partial charge in [0.25, 0.3) is 5.56 Å². The fourth-order valence-electron chi connectivity index (χ4n) is 2.71. The number of hydrogen-bond donors (Lipinski definition) is 4. The van der Waals surface area contributed by atoms with Crippen molar-refractivity contribution in [1.29, 1.82) is 0 Å². The molecular weight excluding hydrogens is 250 g/mol. The number of anilines is 1. The molecule has 19 heavy (non-hydrogen) atoms. The van der Waals surface area contributed by atoms with Gasteiger partial charge in [0.15, 0.2) is 11.2 Å². The Morgan fingerprint density at radius 3 is 3.00 bits per heavy atom. The third-order valence-electron chi connectivity index (χ3n) is 3.71. The fraction of sp³-hybridized carbons (Fsp3) is 0.545. The number of nitrogens with zero attached hydrogens (tertiary/aromatic N) is 3. The van der Waals surface area contributed by atoms with Crippen LogP contribution in [0.4, 0.5) is 5.95 Å². The van der Waals surface area contributed by atoms with Crippen molar-refractivity contribution in [2.24, 2.45) is 5.92 Å². The number of aromatic amines is 1. The van der Waals surface area contributed by atoms with Gasteiger partial charge in [-0.05, 0) is 12.8 Å². The topological polar surface area (TPSA) is 130 Å². The highest BCUT2D eigenvalue weighted by Crippen LogP contribution is 2.35. The summed E-state index contributed by atoms with van der Waals surface area (Å²) in [5.74, 6) is -0.113. The Morgan fingerprint density at radius 1 is 1.53 bits per heavy atom. The molecule has 0 aromatic carbocycles. The number of hydrogen-bond acceptors (Lipinski definition) is 6. The van der Waals surface area contributed by atoms with Crippen LogP contribution >= 0.6 is 0 Å². The van der Waals surface area contributed by atoms with E-state index in [2.05, 4.69) is 15.0 Å². The van der Waals surface area contributed by atoms with E-state index in [9.17, 15) is 15.0 Å². The molecule has 3 atom stereocenters. The first-order valence-corrected chi connectivity index (χ1v) is 6.11. The minimum absolute atomic E-state index is 0.0363. The van der Waals surface area contributed by atoms with Gasteiger partial charge in [-0.2, -0.15) is 4.98 Å². The Bertz CT molecular complexity index is 664. The Morgan fingerprint density at radius 2 is 2.32 bits per heavy atom. The van der Waals surface area contributed by atoms with E-state index in [0.29, 0.717) is 18.5 Å². The lowest BCUT2D eigenvalue weighted by Crippen LogP contribution is -2.16. The average Bonchev–Trinajstić information content (AvgIpc) is 2.92. The van der Waals surface area contributed by atoms with E-state index < -0.39 is 6.10 Å². The molecule has 0 amide bonds. The smallest absolute Gasteiger partial charge is 0.280 e. The van der Waals surface area contributed by atoms with E-state index in [1.54, 1.807) is 4.57 Å². The van der Waals surface area contributed by atoms with Crippen molar-refractivity contribution in [3.63, 3.8) is 0 Å². The summed E-state index contributed by atoms with van der Waals surface area (Å²) in [6.07, 6.45) is 2.11. The molecule has 3 rings (SSSR count). The summed E-state index contributed by atoms with van der Waals surface area (Å²) in [5.41, 5.74) is 5.81. The largest absolute Gasteiger partial charge is 0.396 e. The maximum atomic E-state index is 11.7. The van der Waals surface area contributed by atoms with Crippen LogP contribution in [0.2, 0.25) is 0 Å². The van der Waals surface area contributed by atoms with E-state index in [1.807, 2.05) is 0 Å². The first-order valence-electron chi connectivity index (χ1n) is 6.11. The molecular formula is C11H15N5O3. The lowest BCUT2D eigenvalue weighted by molar-refractivity contribution is 0.0906. The molecule has 1 aliphatic rings. The molecule has 0 spiro atoms. The predicted molar refractivity (Wildman–Crippen MR) is 67.4 cm³/mol. The summed E-state index contributed by atoms with van der Waals surface area (Å²) in [6, 6.07) is -0.0363. The van der Waals surface area contributed by atoms with Crippen LogP contribution in [0.25, 0.3) is 11.2 Å². The zero-order chi connectivity index (χ0) is 13.6. The number of aliphatic hydroxyl groups is 2. The third-order valence-corrected chi connectivity index (χ3v) is 3.71. The van der Waals surface area contributed by atoms with Crippen LogP contribution in [0, 0.1) is 5.92 Å². The number of fused-ring (bicyclic) bond motifs is 1. The van der Waals surface area contributed by atoms with Crippen LogP contribution in [-0.2, 0) is 0 Å². The number of H-pyrrole nitrogens is 1. The van der Waals surface area contributed by atoms with E-state index in [-0.39, 0.29) is 35.6 Å². The van der Waals surface area contributed by atoms with Crippen molar-refractivity contribution in [3.8, 4) is 0 Å². The van der Waals surface area contributed by atoms with Crippen molar-refractivity contribution in [2.75, 3.05) is 12.3 Å². The average molecular weight is 265 g/mol. The molecule has 0 radical (unpaired) electrons. The minimum Gasteiger partial charge on any atom is -0.396 e. The Labute approximate surface area is 107 Å². The Balaban J connectivity index is 2.05. The number of aromatic nitrogens is 4. The van der Waals surface area contributed by atoms with Crippen molar-refractivity contribution >= 4 is 17.1 Å². The summed E-state index contributed by atoms with van der Waals surface area (Å²) in [4.78, 5) is 22.2. The van der Waals surface area contributed by atoms with E-state index in [0.717, 1.165) is 0 Å².